The molecule has 7 heteroatoms. The summed E-state index contributed by atoms with van der Waals surface area (Å²) in [6, 6.07) is 12.2. The van der Waals surface area contributed by atoms with Crippen molar-refractivity contribution in [2.75, 3.05) is 13.1 Å². The summed E-state index contributed by atoms with van der Waals surface area (Å²) in [4.78, 5) is 39.9. The molecule has 166 valence electrons. The van der Waals surface area contributed by atoms with Crippen molar-refractivity contribution in [1.82, 2.24) is 15.5 Å². The number of amides is 3. The van der Waals surface area contributed by atoms with Crippen molar-refractivity contribution in [2.24, 2.45) is 11.8 Å². The Bertz CT molecular complexity index is 856. The second-order valence-electron chi connectivity index (χ2n) is 8.41. The molecule has 3 amide bonds. The van der Waals surface area contributed by atoms with Crippen LogP contribution in [0.4, 0.5) is 0 Å². The van der Waals surface area contributed by atoms with E-state index in [0.717, 1.165) is 5.56 Å². The molecule has 1 aliphatic heterocycles. The molecular weight excluding hydrogens is 394 g/mol. The zero-order valence-electron chi connectivity index (χ0n) is 18.2. The van der Waals surface area contributed by atoms with E-state index in [1.54, 1.807) is 17.2 Å². The molecule has 2 aromatic rings. The van der Waals surface area contributed by atoms with Crippen molar-refractivity contribution in [3.63, 3.8) is 0 Å². The van der Waals surface area contributed by atoms with E-state index in [-0.39, 0.29) is 29.6 Å². The highest BCUT2D eigenvalue weighted by Gasteiger charge is 2.32. The fourth-order valence-corrected chi connectivity index (χ4v) is 3.80. The molecule has 2 N–H and O–H groups in total. The number of nitrogens with one attached hydrogen (secondary N) is 2. The number of hydrogen-bond acceptors (Lipinski definition) is 4. The number of hydrogen-bond donors (Lipinski definition) is 2. The molecule has 7 nitrogen and oxygen atoms in total. The summed E-state index contributed by atoms with van der Waals surface area (Å²) in [5.41, 5.74) is 0.767. The highest BCUT2D eigenvalue weighted by atomic mass is 16.3. The topological polar surface area (TPSA) is 91.7 Å². The highest BCUT2D eigenvalue weighted by molar-refractivity contribution is 5.89. The Hall–Kier alpha value is -3.09. The standard InChI is InChI=1S/C24H31N3O4/c1-17(2)15-21(28)26-22(18-7-4-3-5-8-18)24(30)27-12-10-19(11-13-27)23(29)25-16-20-9-6-14-31-20/h3-9,14,17,19,22H,10-13,15-16H2,1-2H3,(H,25,29)(H,26,28). The van der Waals surface area contributed by atoms with E-state index in [1.165, 1.54) is 0 Å². The van der Waals surface area contributed by atoms with E-state index < -0.39 is 6.04 Å². The van der Waals surface area contributed by atoms with Gasteiger partial charge in [0.25, 0.3) is 0 Å². The SMILES string of the molecule is CC(C)CC(=O)NC(C(=O)N1CCC(C(=O)NCc2ccco2)CC1)c1ccccc1. The van der Waals surface area contributed by atoms with Crippen LogP contribution in [-0.2, 0) is 20.9 Å². The number of furan rings is 1. The lowest BCUT2D eigenvalue weighted by atomic mass is 9.94. The lowest BCUT2D eigenvalue weighted by Crippen LogP contribution is -2.48. The van der Waals surface area contributed by atoms with Gasteiger partial charge in [-0.25, -0.2) is 0 Å². The normalized spacial score (nSPS) is 15.5. The minimum Gasteiger partial charge on any atom is -0.467 e. The van der Waals surface area contributed by atoms with Crippen molar-refractivity contribution in [3.8, 4) is 0 Å². The molecule has 1 saturated heterocycles. The molecular formula is C24H31N3O4. The summed E-state index contributed by atoms with van der Waals surface area (Å²) in [5.74, 6) is 0.506. The molecule has 0 bridgehead atoms. The average molecular weight is 426 g/mol. The molecule has 1 unspecified atom stereocenters. The van der Waals surface area contributed by atoms with Gasteiger partial charge < -0.3 is 20.0 Å². The third-order valence-corrected chi connectivity index (χ3v) is 5.47. The van der Waals surface area contributed by atoms with Crippen LogP contribution < -0.4 is 10.6 Å². The first-order valence-electron chi connectivity index (χ1n) is 10.9. The predicted molar refractivity (Wildman–Crippen MR) is 117 cm³/mol. The number of likely N-dealkylation sites (tertiary alicyclic amines) is 1. The van der Waals surface area contributed by atoms with Crippen LogP contribution in [0.2, 0.25) is 0 Å². The lowest BCUT2D eigenvalue weighted by Gasteiger charge is -2.34. The van der Waals surface area contributed by atoms with Gasteiger partial charge in [0.15, 0.2) is 0 Å². The number of rotatable bonds is 8. The number of benzene rings is 1. The Balaban J connectivity index is 1.58. The van der Waals surface area contributed by atoms with Gasteiger partial charge in [-0.3, -0.25) is 14.4 Å². The fourth-order valence-electron chi connectivity index (χ4n) is 3.80. The van der Waals surface area contributed by atoms with E-state index in [9.17, 15) is 14.4 Å². The van der Waals surface area contributed by atoms with Gasteiger partial charge in [0.1, 0.15) is 11.8 Å². The second-order valence-corrected chi connectivity index (χ2v) is 8.41. The molecule has 0 saturated carbocycles. The summed E-state index contributed by atoms with van der Waals surface area (Å²) in [6.45, 7) is 5.28. The molecule has 1 atom stereocenters. The molecule has 1 aliphatic rings. The van der Waals surface area contributed by atoms with E-state index in [0.29, 0.717) is 44.7 Å². The van der Waals surface area contributed by atoms with E-state index in [1.807, 2.05) is 50.2 Å². The highest BCUT2D eigenvalue weighted by Crippen LogP contribution is 2.23. The summed E-state index contributed by atoms with van der Waals surface area (Å²) in [7, 11) is 0. The Kier molecular flexibility index (Phi) is 7.87. The maximum absolute atomic E-state index is 13.3. The molecule has 1 fully saturated rings. The van der Waals surface area contributed by atoms with Gasteiger partial charge in [-0.15, -0.1) is 0 Å². The van der Waals surface area contributed by atoms with Crippen molar-refractivity contribution in [1.29, 1.82) is 0 Å². The first-order valence-corrected chi connectivity index (χ1v) is 10.9. The summed E-state index contributed by atoms with van der Waals surface area (Å²) in [5, 5.41) is 5.81. The lowest BCUT2D eigenvalue weighted by molar-refractivity contribution is -0.139. The van der Waals surface area contributed by atoms with Gasteiger partial charge >= 0.3 is 0 Å². The molecule has 0 spiro atoms. The monoisotopic (exact) mass is 425 g/mol. The number of nitrogens with zero attached hydrogens (tertiary/aromatic N) is 1. The van der Waals surface area contributed by atoms with Crippen LogP contribution in [0.1, 0.15) is 50.5 Å². The summed E-state index contributed by atoms with van der Waals surface area (Å²) >= 11 is 0. The Labute approximate surface area is 183 Å². The molecule has 0 radical (unpaired) electrons. The zero-order chi connectivity index (χ0) is 22.2. The van der Waals surface area contributed by atoms with E-state index in [4.69, 9.17) is 4.42 Å². The third-order valence-electron chi connectivity index (χ3n) is 5.47. The largest absolute Gasteiger partial charge is 0.467 e. The van der Waals surface area contributed by atoms with Gasteiger partial charge in [0.2, 0.25) is 17.7 Å². The minimum atomic E-state index is -0.711. The van der Waals surface area contributed by atoms with Gasteiger partial charge in [-0.2, -0.15) is 0 Å². The van der Waals surface area contributed by atoms with Crippen LogP contribution in [0, 0.1) is 11.8 Å². The Morgan fingerprint density at radius 1 is 1.06 bits per heavy atom. The van der Waals surface area contributed by atoms with Crippen LogP contribution in [0.25, 0.3) is 0 Å². The van der Waals surface area contributed by atoms with E-state index >= 15 is 0 Å². The number of carbonyl (C=O) groups excluding carboxylic acids is 3. The van der Waals surface area contributed by atoms with Gasteiger partial charge in [-0.05, 0) is 36.5 Å². The molecule has 1 aromatic heterocycles. The number of carbonyl (C=O) groups is 3. The van der Waals surface area contributed by atoms with Crippen molar-refractivity contribution in [3.05, 3.63) is 60.1 Å². The van der Waals surface area contributed by atoms with Crippen LogP contribution in [0.15, 0.2) is 53.1 Å². The van der Waals surface area contributed by atoms with Gasteiger partial charge in [-0.1, -0.05) is 44.2 Å². The predicted octanol–water partition coefficient (Wildman–Crippen LogP) is 3.04. The smallest absolute Gasteiger partial charge is 0.249 e. The van der Waals surface area contributed by atoms with Crippen molar-refractivity contribution in [2.45, 2.75) is 45.7 Å². The summed E-state index contributed by atoms with van der Waals surface area (Å²) in [6.07, 6.45) is 3.14. The Morgan fingerprint density at radius 2 is 1.77 bits per heavy atom. The van der Waals surface area contributed by atoms with Crippen molar-refractivity contribution < 1.29 is 18.8 Å². The molecule has 2 heterocycles. The first kappa shape index (κ1) is 22.6. The minimum absolute atomic E-state index is 0.0201. The fraction of sp³-hybridized carbons (Fsp3) is 0.458. The average Bonchev–Trinajstić information content (AvgIpc) is 3.29. The van der Waals surface area contributed by atoms with E-state index in [2.05, 4.69) is 10.6 Å². The Morgan fingerprint density at radius 3 is 2.39 bits per heavy atom. The van der Waals surface area contributed by atoms with Crippen LogP contribution in [0.3, 0.4) is 0 Å². The van der Waals surface area contributed by atoms with Crippen molar-refractivity contribution >= 4 is 17.7 Å². The molecule has 31 heavy (non-hydrogen) atoms. The summed E-state index contributed by atoms with van der Waals surface area (Å²) < 4.78 is 5.24. The number of piperidine rings is 1. The maximum atomic E-state index is 13.3. The first-order chi connectivity index (χ1) is 14.9. The quantitative estimate of drug-likeness (QED) is 0.680. The molecule has 0 aliphatic carbocycles. The molecule has 3 rings (SSSR count). The second kappa shape index (κ2) is 10.8. The van der Waals surface area contributed by atoms with Gasteiger partial charge in [0, 0.05) is 25.4 Å². The van der Waals surface area contributed by atoms with Crippen LogP contribution in [0.5, 0.6) is 0 Å². The van der Waals surface area contributed by atoms with Crippen LogP contribution >= 0.6 is 0 Å². The third kappa shape index (κ3) is 6.44. The maximum Gasteiger partial charge on any atom is 0.249 e. The zero-order valence-corrected chi connectivity index (χ0v) is 18.2. The molecule has 1 aromatic carbocycles. The van der Waals surface area contributed by atoms with Crippen LogP contribution in [-0.4, -0.2) is 35.7 Å². The van der Waals surface area contributed by atoms with Gasteiger partial charge in [0.05, 0.1) is 12.8 Å².